The van der Waals surface area contributed by atoms with Crippen LogP contribution in [0.15, 0.2) is 18.2 Å². The minimum Gasteiger partial charge on any atom is -0.311 e. The molecule has 1 heterocycles. The Morgan fingerprint density at radius 3 is 2.90 bits per heavy atom. The van der Waals surface area contributed by atoms with Crippen molar-refractivity contribution in [2.45, 2.75) is 32.7 Å². The van der Waals surface area contributed by atoms with Gasteiger partial charge >= 0.3 is 0 Å². The zero-order valence-electron chi connectivity index (χ0n) is 12.3. The second-order valence-corrected chi connectivity index (χ2v) is 6.58. The average Bonchev–Trinajstić information content (AvgIpc) is 2.46. The average molecular weight is 315 g/mol. The van der Waals surface area contributed by atoms with E-state index in [2.05, 4.69) is 24.1 Å². The molecule has 1 N–H and O–H groups in total. The molecule has 0 bridgehead atoms. The molecule has 4 heteroatoms. The molecular weight excluding hydrogens is 291 g/mol. The highest BCUT2D eigenvalue weighted by atomic mass is 35.5. The van der Waals surface area contributed by atoms with E-state index in [0.717, 1.165) is 43.5 Å². The maximum Gasteiger partial charge on any atom is 0.0453 e. The van der Waals surface area contributed by atoms with Gasteiger partial charge < -0.3 is 10.2 Å². The highest BCUT2D eigenvalue weighted by Crippen LogP contribution is 2.22. The predicted molar refractivity (Wildman–Crippen MR) is 87.9 cm³/mol. The lowest BCUT2D eigenvalue weighted by Crippen LogP contribution is -2.53. The van der Waals surface area contributed by atoms with Crippen LogP contribution in [0.25, 0.3) is 0 Å². The van der Waals surface area contributed by atoms with Crippen LogP contribution in [-0.4, -0.2) is 37.1 Å². The monoisotopic (exact) mass is 314 g/mol. The summed E-state index contributed by atoms with van der Waals surface area (Å²) in [6.45, 7) is 9.01. The highest BCUT2D eigenvalue weighted by Gasteiger charge is 2.22. The predicted octanol–water partition coefficient (Wildman–Crippen LogP) is 3.86. The van der Waals surface area contributed by atoms with E-state index >= 15 is 0 Å². The van der Waals surface area contributed by atoms with Gasteiger partial charge in [-0.05, 0) is 30.0 Å². The number of benzene rings is 1. The van der Waals surface area contributed by atoms with Gasteiger partial charge in [0.25, 0.3) is 0 Å². The fraction of sp³-hybridized carbons (Fsp3) is 0.625. The molecule has 2 unspecified atom stereocenters. The third-order valence-corrected chi connectivity index (χ3v) is 4.92. The number of hydrogen-bond donors (Lipinski definition) is 1. The van der Waals surface area contributed by atoms with Crippen molar-refractivity contribution in [2.75, 3.05) is 26.2 Å². The topological polar surface area (TPSA) is 15.3 Å². The van der Waals surface area contributed by atoms with Crippen LogP contribution in [0.3, 0.4) is 0 Å². The molecule has 20 heavy (non-hydrogen) atoms. The Bertz CT molecular complexity index is 436. The van der Waals surface area contributed by atoms with Gasteiger partial charge in [0.05, 0.1) is 0 Å². The molecule has 2 rings (SSSR count). The lowest BCUT2D eigenvalue weighted by molar-refractivity contribution is 0.170. The number of nitrogens with zero attached hydrogens (tertiary/aromatic N) is 1. The summed E-state index contributed by atoms with van der Waals surface area (Å²) in [5.41, 5.74) is 1.19. The Kier molecular flexibility index (Phi) is 6.16. The minimum atomic E-state index is 0.620. The molecule has 0 amide bonds. The van der Waals surface area contributed by atoms with Crippen LogP contribution in [0, 0.1) is 5.92 Å². The quantitative estimate of drug-likeness (QED) is 0.888. The molecule has 1 fully saturated rings. The smallest absolute Gasteiger partial charge is 0.0453 e. The minimum absolute atomic E-state index is 0.620. The van der Waals surface area contributed by atoms with Gasteiger partial charge in [-0.1, -0.05) is 49.5 Å². The molecule has 0 aliphatic carbocycles. The molecule has 1 aliphatic rings. The summed E-state index contributed by atoms with van der Waals surface area (Å²) in [5.74, 6) is 0.733. The first-order valence-electron chi connectivity index (χ1n) is 7.49. The van der Waals surface area contributed by atoms with Crippen LogP contribution in [-0.2, 0) is 6.42 Å². The highest BCUT2D eigenvalue weighted by molar-refractivity contribution is 6.35. The van der Waals surface area contributed by atoms with Gasteiger partial charge in [0.15, 0.2) is 0 Å². The Hall–Kier alpha value is -0.280. The molecular formula is C16H24Cl2N2. The van der Waals surface area contributed by atoms with Crippen LogP contribution in [0.4, 0.5) is 0 Å². The van der Waals surface area contributed by atoms with E-state index in [0.29, 0.717) is 11.1 Å². The van der Waals surface area contributed by atoms with Crippen molar-refractivity contribution < 1.29 is 0 Å². The van der Waals surface area contributed by atoms with Crippen LogP contribution >= 0.6 is 23.2 Å². The summed E-state index contributed by atoms with van der Waals surface area (Å²) in [6.07, 6.45) is 2.22. The summed E-state index contributed by atoms with van der Waals surface area (Å²) in [4.78, 5) is 2.54. The first-order valence-corrected chi connectivity index (χ1v) is 8.25. The number of piperazine rings is 1. The third-order valence-electron chi connectivity index (χ3n) is 4.33. The van der Waals surface area contributed by atoms with Gasteiger partial charge in [0, 0.05) is 42.3 Å². The van der Waals surface area contributed by atoms with E-state index in [4.69, 9.17) is 23.2 Å². The molecule has 0 spiro atoms. The molecule has 0 saturated carbocycles. The summed E-state index contributed by atoms with van der Waals surface area (Å²) in [6, 6.07) is 6.41. The fourth-order valence-corrected chi connectivity index (χ4v) is 3.22. The van der Waals surface area contributed by atoms with Gasteiger partial charge in [0.2, 0.25) is 0 Å². The molecule has 1 saturated heterocycles. The zero-order chi connectivity index (χ0) is 14.5. The van der Waals surface area contributed by atoms with E-state index < -0.39 is 0 Å². The summed E-state index contributed by atoms with van der Waals surface area (Å²) < 4.78 is 0. The first-order chi connectivity index (χ1) is 9.60. The van der Waals surface area contributed by atoms with Crippen molar-refractivity contribution in [3.05, 3.63) is 33.8 Å². The second kappa shape index (κ2) is 7.65. The van der Waals surface area contributed by atoms with Gasteiger partial charge in [-0.2, -0.15) is 0 Å². The van der Waals surface area contributed by atoms with Crippen molar-refractivity contribution in [2.24, 2.45) is 5.92 Å². The van der Waals surface area contributed by atoms with Crippen LogP contribution < -0.4 is 5.32 Å². The molecule has 112 valence electrons. The molecule has 2 nitrogen and oxygen atoms in total. The maximum absolute atomic E-state index is 6.23. The van der Waals surface area contributed by atoms with Crippen molar-refractivity contribution in [1.29, 1.82) is 0 Å². The lowest BCUT2D eigenvalue weighted by Gasteiger charge is -2.36. The number of rotatable bonds is 5. The molecule has 1 aromatic rings. The number of halogens is 2. The van der Waals surface area contributed by atoms with Crippen LogP contribution in [0.2, 0.25) is 10.0 Å². The zero-order valence-corrected chi connectivity index (χ0v) is 13.8. The fourth-order valence-electron chi connectivity index (χ4n) is 2.71. The molecule has 2 atom stereocenters. The van der Waals surface area contributed by atoms with Gasteiger partial charge in [-0.25, -0.2) is 0 Å². The number of hydrogen-bond acceptors (Lipinski definition) is 2. The lowest BCUT2D eigenvalue weighted by atomic mass is 9.97. The largest absolute Gasteiger partial charge is 0.311 e. The van der Waals surface area contributed by atoms with Crippen molar-refractivity contribution >= 4 is 23.2 Å². The Labute approximate surface area is 132 Å². The molecule has 0 aromatic heterocycles. The van der Waals surface area contributed by atoms with E-state index in [1.54, 1.807) is 0 Å². The Morgan fingerprint density at radius 2 is 2.20 bits per heavy atom. The van der Waals surface area contributed by atoms with Gasteiger partial charge in [0.1, 0.15) is 0 Å². The summed E-state index contributed by atoms with van der Waals surface area (Å²) >= 11 is 12.2. The normalized spacial score (nSPS) is 21.9. The third kappa shape index (κ3) is 4.36. The van der Waals surface area contributed by atoms with Crippen LogP contribution in [0.5, 0.6) is 0 Å². The number of nitrogens with one attached hydrogen (secondary N) is 1. The van der Waals surface area contributed by atoms with E-state index in [1.807, 2.05) is 18.2 Å². The standard InChI is InChI=1S/C16H24Cl2N2/c1-3-12(2)16-11-20(9-7-19-16)8-6-13-4-5-14(17)10-15(13)18/h4-5,10,12,16,19H,3,6-9,11H2,1-2H3. The SMILES string of the molecule is CCC(C)C1CN(CCc2ccc(Cl)cc2Cl)CCN1. The van der Waals surface area contributed by atoms with Crippen molar-refractivity contribution in [3.63, 3.8) is 0 Å². The van der Waals surface area contributed by atoms with E-state index in [-0.39, 0.29) is 0 Å². The van der Waals surface area contributed by atoms with E-state index in [1.165, 1.54) is 12.0 Å². The van der Waals surface area contributed by atoms with Crippen molar-refractivity contribution in [1.82, 2.24) is 10.2 Å². The maximum atomic E-state index is 6.23. The Morgan fingerprint density at radius 1 is 1.40 bits per heavy atom. The molecule has 0 radical (unpaired) electrons. The van der Waals surface area contributed by atoms with Gasteiger partial charge in [-0.15, -0.1) is 0 Å². The van der Waals surface area contributed by atoms with Crippen LogP contribution in [0.1, 0.15) is 25.8 Å². The second-order valence-electron chi connectivity index (χ2n) is 5.73. The molecule has 1 aromatic carbocycles. The summed E-state index contributed by atoms with van der Waals surface area (Å²) in [7, 11) is 0. The van der Waals surface area contributed by atoms with Gasteiger partial charge in [-0.3, -0.25) is 0 Å². The van der Waals surface area contributed by atoms with E-state index in [9.17, 15) is 0 Å². The Balaban J connectivity index is 1.87. The van der Waals surface area contributed by atoms with Crippen molar-refractivity contribution in [3.8, 4) is 0 Å². The first kappa shape index (κ1) is 16.1. The molecule has 1 aliphatic heterocycles. The summed E-state index contributed by atoms with van der Waals surface area (Å²) in [5, 5.41) is 5.12.